The first-order valence-electron chi connectivity index (χ1n) is 15.4. The Kier molecular flexibility index (Phi) is 22.4. The molecule has 0 aromatic heterocycles. The number of hydrogen-bond donors (Lipinski definition) is 5. The highest BCUT2D eigenvalue weighted by Crippen LogP contribution is 2.23. The molecule has 0 rings (SSSR count). The molecule has 0 aromatic carbocycles. The molecule has 0 saturated heterocycles. The Labute approximate surface area is 253 Å². The third-order valence-electron chi connectivity index (χ3n) is 7.13. The molecule has 0 bridgehead atoms. The van der Waals surface area contributed by atoms with Gasteiger partial charge in [-0.1, -0.05) is 64.7 Å². The summed E-state index contributed by atoms with van der Waals surface area (Å²) in [6.45, 7) is 2.70. The van der Waals surface area contributed by atoms with Crippen LogP contribution in [0, 0.1) is 11.8 Å². The van der Waals surface area contributed by atoms with Crippen molar-refractivity contribution in [3.05, 3.63) is 0 Å². The fourth-order valence-corrected chi connectivity index (χ4v) is 4.72. The molecule has 6 N–H and O–H groups in total. The third kappa shape index (κ3) is 21.2. The van der Waals surface area contributed by atoms with Gasteiger partial charge in [0.05, 0.1) is 37.5 Å². The van der Waals surface area contributed by atoms with E-state index in [2.05, 4.69) is 6.92 Å². The lowest BCUT2D eigenvalue weighted by atomic mass is 9.98. The van der Waals surface area contributed by atoms with Crippen molar-refractivity contribution in [3.63, 3.8) is 0 Å². The SMILES string of the molecule is CCCCCCCCC(OC(=O)CC(CC(=O)O)C(=O)O)C(CCCCCCCCN)OC(=O)CC(CC(=O)O)C(=O)O. The Balaban J connectivity index is 5.78. The topological polar surface area (TPSA) is 228 Å². The van der Waals surface area contributed by atoms with Gasteiger partial charge in [0.15, 0.2) is 0 Å². The molecule has 0 radical (unpaired) electrons. The Morgan fingerprint density at radius 3 is 1.21 bits per heavy atom. The minimum atomic E-state index is -1.50. The normalized spacial score (nSPS) is 13.8. The van der Waals surface area contributed by atoms with Crippen LogP contribution in [0.5, 0.6) is 0 Å². The van der Waals surface area contributed by atoms with Gasteiger partial charge in [-0.15, -0.1) is 0 Å². The van der Waals surface area contributed by atoms with Crippen molar-refractivity contribution in [3.8, 4) is 0 Å². The van der Waals surface area contributed by atoms with E-state index in [-0.39, 0.29) is 6.42 Å². The number of carboxylic acid groups (broad SMARTS) is 4. The van der Waals surface area contributed by atoms with Crippen LogP contribution < -0.4 is 5.73 Å². The van der Waals surface area contributed by atoms with Gasteiger partial charge in [-0.05, 0) is 38.6 Å². The molecule has 0 aliphatic rings. The van der Waals surface area contributed by atoms with E-state index in [1.807, 2.05) is 0 Å². The third-order valence-corrected chi connectivity index (χ3v) is 7.13. The molecule has 0 aromatic rings. The molecule has 0 amide bonds. The van der Waals surface area contributed by atoms with Gasteiger partial charge < -0.3 is 35.6 Å². The van der Waals surface area contributed by atoms with Gasteiger partial charge >= 0.3 is 35.8 Å². The summed E-state index contributed by atoms with van der Waals surface area (Å²) in [4.78, 5) is 70.8. The summed E-state index contributed by atoms with van der Waals surface area (Å²) in [5.74, 6) is -10.6. The number of unbranched alkanes of at least 4 members (excludes halogenated alkanes) is 10. The van der Waals surface area contributed by atoms with E-state index >= 15 is 0 Å². The average Bonchev–Trinajstić information content (AvgIpc) is 2.91. The fourth-order valence-electron chi connectivity index (χ4n) is 4.72. The lowest BCUT2D eigenvalue weighted by Crippen LogP contribution is -2.37. The first-order chi connectivity index (χ1) is 20.4. The molecule has 0 spiro atoms. The molecule has 0 aliphatic heterocycles. The van der Waals surface area contributed by atoms with E-state index in [9.17, 15) is 39.0 Å². The van der Waals surface area contributed by atoms with Crippen molar-refractivity contribution in [2.45, 2.75) is 135 Å². The largest absolute Gasteiger partial charge is 0.481 e. The van der Waals surface area contributed by atoms with Crippen LogP contribution in [0.15, 0.2) is 0 Å². The standard InChI is InChI=1S/C30H51NO12/c1-2-3-4-5-8-11-14-23(42-27(36)19-21(29(38)39)17-25(32)33)24(15-12-9-6-7-10-13-16-31)43-28(37)20-22(30(40)41)18-26(34)35/h21-24H,2-20,31H2,1H3,(H,32,33)(H,34,35)(H,38,39)(H,40,41). The highest BCUT2D eigenvalue weighted by molar-refractivity contribution is 5.83. The van der Waals surface area contributed by atoms with Crippen LogP contribution >= 0.6 is 0 Å². The first-order valence-corrected chi connectivity index (χ1v) is 15.4. The predicted molar refractivity (Wildman–Crippen MR) is 155 cm³/mol. The fraction of sp³-hybridized carbons (Fsp3) is 0.800. The number of carbonyl (C=O) groups is 6. The number of ether oxygens (including phenoxy) is 2. The van der Waals surface area contributed by atoms with Crippen molar-refractivity contribution in [1.82, 2.24) is 0 Å². The summed E-state index contributed by atoms with van der Waals surface area (Å²) in [5, 5.41) is 36.7. The minimum absolute atomic E-state index is 0.282. The van der Waals surface area contributed by atoms with E-state index < -0.39 is 85.5 Å². The summed E-state index contributed by atoms with van der Waals surface area (Å²) in [5.41, 5.74) is 5.53. The van der Waals surface area contributed by atoms with Crippen LogP contribution in [0.1, 0.15) is 122 Å². The Morgan fingerprint density at radius 2 is 0.884 bits per heavy atom. The maximum atomic E-state index is 12.8. The zero-order valence-corrected chi connectivity index (χ0v) is 25.4. The zero-order chi connectivity index (χ0) is 32.6. The van der Waals surface area contributed by atoms with Crippen molar-refractivity contribution in [2.75, 3.05) is 6.54 Å². The number of carboxylic acids is 4. The van der Waals surface area contributed by atoms with Gasteiger partial charge in [-0.3, -0.25) is 28.8 Å². The van der Waals surface area contributed by atoms with E-state index in [1.54, 1.807) is 0 Å². The molecule has 0 heterocycles. The number of hydrogen-bond acceptors (Lipinski definition) is 9. The van der Waals surface area contributed by atoms with Gasteiger partial charge in [-0.25, -0.2) is 0 Å². The second-order valence-corrected chi connectivity index (χ2v) is 11.0. The average molecular weight is 618 g/mol. The summed E-state index contributed by atoms with van der Waals surface area (Å²) >= 11 is 0. The Hall–Kier alpha value is -3.22. The van der Waals surface area contributed by atoms with Crippen LogP contribution in [0.3, 0.4) is 0 Å². The van der Waals surface area contributed by atoms with Crippen molar-refractivity contribution < 1.29 is 58.7 Å². The molecule has 13 heteroatoms. The zero-order valence-electron chi connectivity index (χ0n) is 25.4. The molecule has 4 unspecified atom stereocenters. The van der Waals surface area contributed by atoms with E-state index in [0.29, 0.717) is 25.8 Å². The van der Waals surface area contributed by atoms with Gasteiger partial charge in [0.1, 0.15) is 12.2 Å². The number of rotatable bonds is 28. The molecule has 43 heavy (non-hydrogen) atoms. The molecule has 13 nitrogen and oxygen atoms in total. The second kappa shape index (κ2) is 24.2. The van der Waals surface area contributed by atoms with E-state index in [4.69, 9.17) is 25.4 Å². The minimum Gasteiger partial charge on any atom is -0.481 e. The van der Waals surface area contributed by atoms with Gasteiger partial charge in [0.25, 0.3) is 0 Å². The monoisotopic (exact) mass is 617 g/mol. The predicted octanol–water partition coefficient (Wildman–Crippen LogP) is 4.38. The van der Waals surface area contributed by atoms with Gasteiger partial charge in [-0.2, -0.15) is 0 Å². The highest BCUT2D eigenvalue weighted by Gasteiger charge is 2.33. The van der Waals surface area contributed by atoms with Crippen molar-refractivity contribution >= 4 is 35.8 Å². The number of carbonyl (C=O) groups excluding carboxylic acids is 2. The Bertz CT molecular complexity index is 862. The summed E-state index contributed by atoms with van der Waals surface area (Å²) in [6.07, 6.45) is 6.39. The molecular formula is C30H51NO12. The lowest BCUT2D eigenvalue weighted by Gasteiger charge is -2.28. The molecule has 4 atom stereocenters. The smallest absolute Gasteiger partial charge is 0.307 e. The van der Waals surface area contributed by atoms with E-state index in [1.165, 1.54) is 0 Å². The quantitative estimate of drug-likeness (QED) is 0.0607. The van der Waals surface area contributed by atoms with Crippen LogP contribution in [0.4, 0.5) is 0 Å². The van der Waals surface area contributed by atoms with Crippen LogP contribution in [0.25, 0.3) is 0 Å². The molecule has 248 valence electrons. The first kappa shape index (κ1) is 39.8. The Morgan fingerprint density at radius 1 is 0.535 bits per heavy atom. The number of esters is 2. The number of nitrogens with two attached hydrogens (primary N) is 1. The van der Waals surface area contributed by atoms with Gasteiger partial charge in [0.2, 0.25) is 0 Å². The summed E-state index contributed by atoms with van der Waals surface area (Å²) in [6, 6.07) is 0. The number of aliphatic carboxylic acids is 4. The van der Waals surface area contributed by atoms with Crippen LogP contribution in [-0.4, -0.2) is 75.0 Å². The van der Waals surface area contributed by atoms with Crippen molar-refractivity contribution in [1.29, 1.82) is 0 Å². The second-order valence-electron chi connectivity index (χ2n) is 11.0. The molecular weight excluding hydrogens is 566 g/mol. The van der Waals surface area contributed by atoms with Gasteiger partial charge in [0, 0.05) is 0 Å². The molecule has 0 saturated carbocycles. The molecule has 0 fully saturated rings. The summed E-state index contributed by atoms with van der Waals surface area (Å²) < 4.78 is 11.3. The highest BCUT2D eigenvalue weighted by atomic mass is 16.6. The molecule has 0 aliphatic carbocycles. The van der Waals surface area contributed by atoms with Crippen molar-refractivity contribution in [2.24, 2.45) is 17.6 Å². The van der Waals surface area contributed by atoms with Crippen LogP contribution in [-0.2, 0) is 38.2 Å². The van der Waals surface area contributed by atoms with Crippen LogP contribution in [0.2, 0.25) is 0 Å². The maximum absolute atomic E-state index is 12.8. The van der Waals surface area contributed by atoms with E-state index in [0.717, 1.165) is 64.2 Å². The maximum Gasteiger partial charge on any atom is 0.307 e. The summed E-state index contributed by atoms with van der Waals surface area (Å²) in [7, 11) is 0. The lowest BCUT2D eigenvalue weighted by molar-refractivity contribution is -0.173.